The van der Waals surface area contributed by atoms with Crippen molar-refractivity contribution in [3.63, 3.8) is 0 Å². The Morgan fingerprint density at radius 1 is 1.70 bits per heavy atom. The number of aliphatic hydroxyl groups excluding tert-OH is 1. The van der Waals surface area contributed by atoms with Crippen LogP contribution >= 0.6 is 0 Å². The average Bonchev–Trinajstić information content (AvgIpc) is 2.78. The zero-order valence-electron chi connectivity index (χ0n) is 11.4. The van der Waals surface area contributed by atoms with Crippen molar-refractivity contribution < 1.29 is 14.8 Å². The molecule has 0 saturated carbocycles. The molecule has 0 bridgehead atoms. The summed E-state index contributed by atoms with van der Waals surface area (Å²) in [4.78, 5) is 14.4. The molecule has 3 atom stereocenters. The van der Waals surface area contributed by atoms with Gasteiger partial charge in [0.2, 0.25) is 5.82 Å². The number of pyridine rings is 1. The summed E-state index contributed by atoms with van der Waals surface area (Å²) in [6, 6.07) is 1.36. The molecule has 8 nitrogen and oxygen atoms in total. The minimum absolute atomic E-state index is 0.145. The quantitative estimate of drug-likeness (QED) is 0.560. The van der Waals surface area contributed by atoms with Gasteiger partial charge >= 0.3 is 5.69 Å². The average molecular weight is 282 g/mol. The predicted octanol–water partition coefficient (Wildman–Crippen LogP) is 1.21. The van der Waals surface area contributed by atoms with Gasteiger partial charge < -0.3 is 20.9 Å². The first kappa shape index (κ1) is 14.5. The Labute approximate surface area is 116 Å². The van der Waals surface area contributed by atoms with Gasteiger partial charge in [0.1, 0.15) is 5.82 Å². The lowest BCUT2D eigenvalue weighted by atomic mass is 10.0. The molecule has 0 unspecified atom stereocenters. The van der Waals surface area contributed by atoms with Gasteiger partial charge in [-0.3, -0.25) is 10.1 Å². The highest BCUT2D eigenvalue weighted by atomic mass is 16.6. The molecule has 20 heavy (non-hydrogen) atoms. The zero-order chi connectivity index (χ0) is 14.9. The first-order valence-corrected chi connectivity index (χ1v) is 6.44. The Bertz CT molecular complexity index is 522. The Balaban J connectivity index is 2.40. The fraction of sp³-hybridized carbons (Fsp3) is 0.583. The van der Waals surface area contributed by atoms with Crippen molar-refractivity contribution in [2.45, 2.75) is 38.1 Å². The number of anilines is 2. The number of aromatic nitrogens is 1. The van der Waals surface area contributed by atoms with Gasteiger partial charge in [-0.1, -0.05) is 6.92 Å². The van der Waals surface area contributed by atoms with Crippen molar-refractivity contribution in [1.29, 1.82) is 0 Å². The molecule has 110 valence electrons. The highest BCUT2D eigenvalue weighted by Crippen LogP contribution is 2.39. The normalized spacial score (nSPS) is 25.6. The van der Waals surface area contributed by atoms with Crippen LogP contribution < -0.4 is 11.1 Å². The maximum Gasteiger partial charge on any atom is 0.311 e. The van der Waals surface area contributed by atoms with Crippen LogP contribution in [0.25, 0.3) is 0 Å². The third-order valence-electron chi connectivity index (χ3n) is 3.47. The van der Waals surface area contributed by atoms with E-state index in [4.69, 9.17) is 10.5 Å². The molecule has 1 fully saturated rings. The van der Waals surface area contributed by atoms with E-state index in [1.54, 1.807) is 7.05 Å². The minimum atomic E-state index is -0.577. The molecule has 4 N–H and O–H groups in total. The second kappa shape index (κ2) is 5.59. The van der Waals surface area contributed by atoms with E-state index < -0.39 is 17.1 Å². The van der Waals surface area contributed by atoms with Crippen LogP contribution in [0.15, 0.2) is 6.07 Å². The first-order valence-electron chi connectivity index (χ1n) is 6.44. The number of nitrogens with two attached hydrogens (primary N) is 1. The maximum absolute atomic E-state index is 10.9. The molecule has 1 saturated heterocycles. The van der Waals surface area contributed by atoms with Crippen molar-refractivity contribution in [2.24, 2.45) is 0 Å². The van der Waals surface area contributed by atoms with Crippen LogP contribution in [0.2, 0.25) is 0 Å². The van der Waals surface area contributed by atoms with E-state index in [-0.39, 0.29) is 17.6 Å². The lowest BCUT2D eigenvalue weighted by Gasteiger charge is -2.16. The maximum atomic E-state index is 10.9. The van der Waals surface area contributed by atoms with Crippen LogP contribution in [0, 0.1) is 10.1 Å². The predicted molar refractivity (Wildman–Crippen MR) is 73.4 cm³/mol. The Hall–Kier alpha value is -1.93. The van der Waals surface area contributed by atoms with Crippen molar-refractivity contribution in [1.82, 2.24) is 4.98 Å². The molecule has 1 aromatic heterocycles. The number of rotatable bonds is 4. The number of nitrogen functional groups attached to an aromatic ring is 1. The van der Waals surface area contributed by atoms with Crippen LogP contribution in [0.4, 0.5) is 17.3 Å². The summed E-state index contributed by atoms with van der Waals surface area (Å²) in [6.07, 6.45) is -0.204. The van der Waals surface area contributed by atoms with E-state index in [2.05, 4.69) is 10.3 Å². The van der Waals surface area contributed by atoms with Gasteiger partial charge in [0.15, 0.2) is 0 Å². The number of ether oxygens (including phenoxy) is 1. The van der Waals surface area contributed by atoms with Gasteiger partial charge in [-0.15, -0.1) is 0 Å². The Kier molecular flexibility index (Phi) is 4.05. The highest BCUT2D eigenvalue weighted by Gasteiger charge is 2.36. The molecule has 1 aromatic rings. The van der Waals surface area contributed by atoms with Gasteiger partial charge in [0.25, 0.3) is 0 Å². The van der Waals surface area contributed by atoms with Crippen LogP contribution in [-0.2, 0) is 4.74 Å². The third-order valence-corrected chi connectivity index (χ3v) is 3.47. The van der Waals surface area contributed by atoms with Crippen molar-refractivity contribution in [2.75, 3.05) is 18.1 Å². The third kappa shape index (κ3) is 2.52. The molecule has 0 aliphatic carbocycles. The molecule has 2 heterocycles. The second-order valence-corrected chi connectivity index (χ2v) is 4.71. The monoisotopic (exact) mass is 282 g/mol. The van der Waals surface area contributed by atoms with Gasteiger partial charge in [-0.2, -0.15) is 0 Å². The smallest absolute Gasteiger partial charge is 0.311 e. The minimum Gasteiger partial charge on any atom is -0.390 e. The van der Waals surface area contributed by atoms with Gasteiger partial charge in [0.05, 0.1) is 23.2 Å². The van der Waals surface area contributed by atoms with Crippen molar-refractivity contribution in [3.05, 3.63) is 21.7 Å². The summed E-state index contributed by atoms with van der Waals surface area (Å²) < 4.78 is 5.73. The molecular weight excluding hydrogens is 264 g/mol. The fourth-order valence-electron chi connectivity index (χ4n) is 2.42. The zero-order valence-corrected chi connectivity index (χ0v) is 11.4. The number of hydrogen-bond acceptors (Lipinski definition) is 7. The standard InChI is InChI=1S/C12H18N4O4/c1-3-9-8(17)5-10(20-9)6-4-7(16(18)19)11(13)15-12(6)14-2/h4,8-10,17H,3,5H2,1-2H3,(H3,13,14,15)/t8-,9-,10-/m1/s1. The molecule has 0 spiro atoms. The van der Waals surface area contributed by atoms with Crippen LogP contribution in [0.1, 0.15) is 31.4 Å². The molecule has 0 radical (unpaired) electrons. The molecule has 0 amide bonds. The van der Waals surface area contributed by atoms with Crippen LogP contribution in [0.3, 0.4) is 0 Å². The number of aliphatic hydroxyl groups is 1. The lowest BCUT2D eigenvalue weighted by molar-refractivity contribution is -0.384. The first-order chi connectivity index (χ1) is 9.47. The molecule has 8 heteroatoms. The topological polar surface area (TPSA) is 124 Å². The molecular formula is C12H18N4O4. The molecule has 1 aliphatic rings. The van der Waals surface area contributed by atoms with Crippen molar-refractivity contribution in [3.8, 4) is 0 Å². The van der Waals surface area contributed by atoms with E-state index in [0.717, 1.165) is 0 Å². The van der Waals surface area contributed by atoms with E-state index >= 15 is 0 Å². The van der Waals surface area contributed by atoms with Crippen LogP contribution in [-0.4, -0.2) is 34.3 Å². The molecule has 2 rings (SSSR count). The Morgan fingerprint density at radius 2 is 2.40 bits per heavy atom. The van der Waals surface area contributed by atoms with Gasteiger partial charge in [-0.25, -0.2) is 4.98 Å². The molecule has 0 aromatic carbocycles. The molecule has 1 aliphatic heterocycles. The Morgan fingerprint density at radius 3 is 2.90 bits per heavy atom. The van der Waals surface area contributed by atoms with Crippen LogP contribution in [0.5, 0.6) is 0 Å². The van der Waals surface area contributed by atoms with Gasteiger partial charge in [0, 0.05) is 25.1 Å². The second-order valence-electron chi connectivity index (χ2n) is 4.71. The fourth-order valence-corrected chi connectivity index (χ4v) is 2.42. The summed E-state index contributed by atoms with van der Waals surface area (Å²) in [5, 5.41) is 23.7. The van der Waals surface area contributed by atoms with E-state index in [0.29, 0.717) is 24.2 Å². The summed E-state index contributed by atoms with van der Waals surface area (Å²) in [6.45, 7) is 1.92. The van der Waals surface area contributed by atoms with Gasteiger partial charge in [-0.05, 0) is 6.42 Å². The highest BCUT2D eigenvalue weighted by molar-refractivity contribution is 5.62. The largest absolute Gasteiger partial charge is 0.390 e. The number of hydrogen-bond donors (Lipinski definition) is 3. The summed E-state index contributed by atoms with van der Waals surface area (Å²) in [5.74, 6) is 0.288. The lowest BCUT2D eigenvalue weighted by Crippen LogP contribution is -2.18. The number of nitro groups is 1. The van der Waals surface area contributed by atoms with E-state index in [1.807, 2.05) is 6.92 Å². The van der Waals surface area contributed by atoms with Crippen molar-refractivity contribution >= 4 is 17.3 Å². The summed E-state index contributed by atoms with van der Waals surface area (Å²) in [7, 11) is 1.65. The number of nitrogens with one attached hydrogen (secondary N) is 1. The summed E-state index contributed by atoms with van der Waals surface area (Å²) >= 11 is 0. The van der Waals surface area contributed by atoms with E-state index in [9.17, 15) is 15.2 Å². The summed E-state index contributed by atoms with van der Waals surface area (Å²) in [5.41, 5.74) is 5.86. The van der Waals surface area contributed by atoms with E-state index in [1.165, 1.54) is 6.07 Å². The number of nitrogens with zero attached hydrogens (tertiary/aromatic N) is 2. The SMILES string of the molecule is CC[C@H]1O[C@@H](c2cc([N+](=O)[O-])c(N)nc2NC)C[C@H]1O.